The van der Waals surface area contributed by atoms with Crippen molar-refractivity contribution < 1.29 is 19.4 Å². The number of aliphatic carboxylic acids is 1. The molecule has 0 radical (unpaired) electrons. The van der Waals surface area contributed by atoms with Crippen LogP contribution in [0.15, 0.2) is 54.6 Å². The summed E-state index contributed by atoms with van der Waals surface area (Å²) in [7, 11) is 0. The smallest absolute Gasteiger partial charge is 0.339 e. The number of carbonyl (C=O) groups excluding carboxylic acids is 1. The van der Waals surface area contributed by atoms with Gasteiger partial charge in [-0.3, -0.25) is 0 Å². The van der Waals surface area contributed by atoms with E-state index in [1.165, 1.54) is 6.08 Å². The number of allylic oxidation sites excluding steroid dienone is 1. The lowest BCUT2D eigenvalue weighted by atomic mass is 10.2. The molecule has 0 aromatic heterocycles. The van der Waals surface area contributed by atoms with E-state index < -0.39 is 11.9 Å². The van der Waals surface area contributed by atoms with Crippen molar-refractivity contribution in [3.8, 4) is 5.75 Å². The number of carboxylic acids is 1. The standard InChI is InChI=1S/C13H12O4/c1-10(6-5-9-12(14)15)13(16)17-11-7-3-2-4-8-11/h2-5,7-9H,1,6H2,(H,14,15). The second-order valence-electron chi connectivity index (χ2n) is 3.25. The number of benzene rings is 1. The lowest BCUT2D eigenvalue weighted by Crippen LogP contribution is -2.09. The highest BCUT2D eigenvalue weighted by atomic mass is 16.5. The van der Waals surface area contributed by atoms with E-state index >= 15 is 0 Å². The molecular weight excluding hydrogens is 220 g/mol. The number of para-hydroxylation sites is 1. The summed E-state index contributed by atoms with van der Waals surface area (Å²) < 4.78 is 5.01. The molecule has 88 valence electrons. The van der Waals surface area contributed by atoms with E-state index in [0.717, 1.165) is 6.08 Å². The first kappa shape index (κ1) is 12.7. The van der Waals surface area contributed by atoms with Crippen molar-refractivity contribution in [2.45, 2.75) is 6.42 Å². The molecule has 0 amide bonds. The highest BCUT2D eigenvalue weighted by molar-refractivity contribution is 5.90. The van der Waals surface area contributed by atoms with Gasteiger partial charge in [0.15, 0.2) is 0 Å². The van der Waals surface area contributed by atoms with Crippen molar-refractivity contribution in [1.82, 2.24) is 0 Å². The third-order valence-corrected chi connectivity index (χ3v) is 1.87. The second-order valence-corrected chi connectivity index (χ2v) is 3.25. The molecule has 0 aliphatic rings. The number of esters is 1. The maximum atomic E-state index is 11.5. The van der Waals surface area contributed by atoms with Gasteiger partial charge in [-0.25, -0.2) is 9.59 Å². The van der Waals surface area contributed by atoms with Gasteiger partial charge in [0.05, 0.1) is 0 Å². The van der Waals surface area contributed by atoms with Gasteiger partial charge in [-0.05, 0) is 18.6 Å². The molecule has 0 atom stereocenters. The van der Waals surface area contributed by atoms with Crippen molar-refractivity contribution >= 4 is 11.9 Å². The minimum atomic E-state index is -1.06. The monoisotopic (exact) mass is 232 g/mol. The van der Waals surface area contributed by atoms with Gasteiger partial charge in [0.25, 0.3) is 0 Å². The Balaban J connectivity index is 2.48. The number of rotatable bonds is 5. The summed E-state index contributed by atoms with van der Waals surface area (Å²) in [5.74, 6) is -1.19. The molecule has 4 nitrogen and oxygen atoms in total. The predicted molar refractivity (Wildman–Crippen MR) is 62.6 cm³/mol. The Morgan fingerprint density at radius 1 is 1.29 bits per heavy atom. The van der Waals surface area contributed by atoms with Gasteiger partial charge in [0.2, 0.25) is 0 Å². The van der Waals surface area contributed by atoms with Crippen LogP contribution in [0.5, 0.6) is 5.75 Å². The maximum absolute atomic E-state index is 11.5. The highest BCUT2D eigenvalue weighted by Crippen LogP contribution is 2.11. The Bertz CT molecular complexity index is 446. The molecule has 0 unspecified atom stereocenters. The molecular formula is C13H12O4. The number of carboxylic acid groups (broad SMARTS) is 1. The molecule has 0 bridgehead atoms. The molecule has 4 heteroatoms. The minimum absolute atomic E-state index is 0.151. The summed E-state index contributed by atoms with van der Waals surface area (Å²) in [6.45, 7) is 3.53. The SMILES string of the molecule is C=C(CC=CC(=O)O)C(=O)Oc1ccccc1. The summed E-state index contributed by atoms with van der Waals surface area (Å²) in [6.07, 6.45) is 2.45. The normalized spacial score (nSPS) is 10.1. The Morgan fingerprint density at radius 2 is 1.94 bits per heavy atom. The van der Waals surface area contributed by atoms with E-state index in [1.54, 1.807) is 24.3 Å². The van der Waals surface area contributed by atoms with Crippen molar-refractivity contribution in [2.24, 2.45) is 0 Å². The summed E-state index contributed by atoms with van der Waals surface area (Å²) >= 11 is 0. The largest absolute Gasteiger partial charge is 0.478 e. The molecule has 0 saturated heterocycles. The fraction of sp³-hybridized carbons (Fsp3) is 0.0769. The number of ether oxygens (including phenoxy) is 1. The van der Waals surface area contributed by atoms with Crippen LogP contribution in [-0.4, -0.2) is 17.0 Å². The van der Waals surface area contributed by atoms with Gasteiger partial charge >= 0.3 is 11.9 Å². The maximum Gasteiger partial charge on any atom is 0.339 e. The van der Waals surface area contributed by atoms with E-state index in [-0.39, 0.29) is 12.0 Å². The van der Waals surface area contributed by atoms with Crippen LogP contribution in [0.2, 0.25) is 0 Å². The van der Waals surface area contributed by atoms with Gasteiger partial charge < -0.3 is 9.84 Å². The average molecular weight is 232 g/mol. The Morgan fingerprint density at radius 3 is 2.53 bits per heavy atom. The van der Waals surface area contributed by atoms with Gasteiger partial charge in [-0.15, -0.1) is 0 Å². The summed E-state index contributed by atoms with van der Waals surface area (Å²) in [6, 6.07) is 8.60. The third kappa shape index (κ3) is 4.79. The number of hydrogen-bond donors (Lipinski definition) is 1. The van der Waals surface area contributed by atoms with Crippen LogP contribution < -0.4 is 4.74 Å². The minimum Gasteiger partial charge on any atom is -0.478 e. The number of hydrogen-bond acceptors (Lipinski definition) is 3. The first-order chi connectivity index (χ1) is 8.09. The molecule has 0 fully saturated rings. The van der Waals surface area contributed by atoms with Gasteiger partial charge in [-0.1, -0.05) is 30.9 Å². The van der Waals surface area contributed by atoms with Gasteiger partial charge in [0, 0.05) is 11.6 Å². The van der Waals surface area contributed by atoms with Crippen molar-refractivity contribution in [3.63, 3.8) is 0 Å². The zero-order chi connectivity index (χ0) is 12.7. The molecule has 1 aromatic carbocycles. The zero-order valence-corrected chi connectivity index (χ0v) is 9.13. The molecule has 0 aliphatic heterocycles. The van der Waals surface area contributed by atoms with E-state index in [1.807, 2.05) is 6.07 Å². The topological polar surface area (TPSA) is 63.6 Å². The van der Waals surface area contributed by atoms with Crippen LogP contribution >= 0.6 is 0 Å². The van der Waals surface area contributed by atoms with Crippen LogP contribution in [0.25, 0.3) is 0 Å². The summed E-state index contributed by atoms with van der Waals surface area (Å²) in [5.41, 5.74) is 0.200. The van der Waals surface area contributed by atoms with Crippen LogP contribution in [0.4, 0.5) is 0 Å². The predicted octanol–water partition coefficient (Wildman–Crippen LogP) is 2.18. The molecule has 1 N–H and O–H groups in total. The van der Waals surface area contributed by atoms with Crippen LogP contribution in [-0.2, 0) is 9.59 Å². The molecule has 0 saturated carbocycles. The Hall–Kier alpha value is -2.36. The lowest BCUT2D eigenvalue weighted by molar-refractivity contribution is -0.132. The summed E-state index contributed by atoms with van der Waals surface area (Å²) in [5, 5.41) is 8.37. The average Bonchev–Trinajstić information content (AvgIpc) is 2.29. The molecule has 1 aromatic rings. The lowest BCUT2D eigenvalue weighted by Gasteiger charge is -2.04. The van der Waals surface area contributed by atoms with E-state index in [2.05, 4.69) is 6.58 Å². The molecule has 0 spiro atoms. The first-order valence-corrected chi connectivity index (χ1v) is 4.94. The van der Waals surface area contributed by atoms with Crippen molar-refractivity contribution in [1.29, 1.82) is 0 Å². The van der Waals surface area contributed by atoms with Crippen molar-refractivity contribution in [2.75, 3.05) is 0 Å². The van der Waals surface area contributed by atoms with Gasteiger partial charge in [0.1, 0.15) is 5.75 Å². The fourth-order valence-corrected chi connectivity index (χ4v) is 1.05. The van der Waals surface area contributed by atoms with Crippen molar-refractivity contribution in [3.05, 3.63) is 54.6 Å². The van der Waals surface area contributed by atoms with E-state index in [9.17, 15) is 9.59 Å². The Kier molecular flexibility index (Phi) is 4.69. The van der Waals surface area contributed by atoms with E-state index in [0.29, 0.717) is 5.75 Å². The number of carbonyl (C=O) groups is 2. The molecule has 17 heavy (non-hydrogen) atoms. The van der Waals surface area contributed by atoms with Crippen LogP contribution in [0.3, 0.4) is 0 Å². The fourth-order valence-electron chi connectivity index (χ4n) is 1.05. The summed E-state index contributed by atoms with van der Waals surface area (Å²) in [4.78, 5) is 21.7. The molecule has 1 rings (SSSR count). The van der Waals surface area contributed by atoms with Gasteiger partial charge in [-0.2, -0.15) is 0 Å². The first-order valence-electron chi connectivity index (χ1n) is 4.94. The van der Waals surface area contributed by atoms with E-state index in [4.69, 9.17) is 9.84 Å². The molecule has 0 heterocycles. The highest BCUT2D eigenvalue weighted by Gasteiger charge is 2.07. The second kappa shape index (κ2) is 6.27. The zero-order valence-electron chi connectivity index (χ0n) is 9.13. The third-order valence-electron chi connectivity index (χ3n) is 1.87. The van der Waals surface area contributed by atoms with Crippen LogP contribution in [0, 0.1) is 0 Å². The van der Waals surface area contributed by atoms with Crippen LogP contribution in [0.1, 0.15) is 6.42 Å². The quantitative estimate of drug-likeness (QED) is 0.480. The Labute approximate surface area is 98.8 Å². The molecule has 0 aliphatic carbocycles.